The zero-order valence-corrected chi connectivity index (χ0v) is 17.8. The van der Waals surface area contributed by atoms with Gasteiger partial charge >= 0.3 is 0 Å². The van der Waals surface area contributed by atoms with Crippen molar-refractivity contribution in [3.63, 3.8) is 0 Å². The van der Waals surface area contributed by atoms with Crippen LogP contribution in [0.4, 0.5) is 8.78 Å². The SMILES string of the molecule is O=C(NC1CCN(Cc2ccoc2)CC1)[C@](O)(CC1C=CC=CC1)C1CCC(F)(F)C1. The third-order valence-electron chi connectivity index (χ3n) is 7.02. The Balaban J connectivity index is 1.37. The van der Waals surface area contributed by atoms with Crippen LogP contribution in [-0.2, 0) is 11.3 Å². The molecule has 1 aromatic rings. The van der Waals surface area contributed by atoms with E-state index in [0.717, 1.165) is 38.0 Å². The summed E-state index contributed by atoms with van der Waals surface area (Å²) < 4.78 is 33.0. The first-order valence-electron chi connectivity index (χ1n) is 11.3. The maximum atomic E-state index is 13.9. The van der Waals surface area contributed by atoms with Crippen LogP contribution < -0.4 is 5.32 Å². The summed E-state index contributed by atoms with van der Waals surface area (Å²) in [7, 11) is 0. The molecule has 1 amide bonds. The molecular formula is C24H32F2N2O3. The van der Waals surface area contributed by atoms with Crippen molar-refractivity contribution in [1.82, 2.24) is 10.2 Å². The molecule has 0 radical (unpaired) electrons. The Kier molecular flexibility index (Phi) is 6.63. The van der Waals surface area contributed by atoms with Crippen LogP contribution in [0.5, 0.6) is 0 Å². The maximum Gasteiger partial charge on any atom is 0.252 e. The van der Waals surface area contributed by atoms with E-state index in [1.807, 2.05) is 30.4 Å². The molecule has 0 aromatic carbocycles. The van der Waals surface area contributed by atoms with Gasteiger partial charge in [0.15, 0.2) is 0 Å². The highest BCUT2D eigenvalue weighted by Crippen LogP contribution is 2.46. The number of alkyl halides is 2. The first-order chi connectivity index (χ1) is 14.8. The molecule has 1 aliphatic heterocycles. The summed E-state index contributed by atoms with van der Waals surface area (Å²) in [6.45, 7) is 2.46. The van der Waals surface area contributed by atoms with Gasteiger partial charge in [0, 0.05) is 50.0 Å². The van der Waals surface area contributed by atoms with Crippen LogP contribution in [0.1, 0.15) is 50.5 Å². The van der Waals surface area contributed by atoms with Gasteiger partial charge in [-0.1, -0.05) is 24.3 Å². The smallest absolute Gasteiger partial charge is 0.252 e. The summed E-state index contributed by atoms with van der Waals surface area (Å²) in [6.07, 6.45) is 13.1. The van der Waals surface area contributed by atoms with E-state index in [4.69, 9.17) is 4.42 Å². The van der Waals surface area contributed by atoms with Crippen molar-refractivity contribution in [2.45, 2.75) is 69.1 Å². The standard InChI is InChI=1S/C24H32F2N2O3/c25-23(26)10-6-20(15-23)24(30,14-18-4-2-1-3-5-18)22(29)27-21-7-11-28(12-8-21)16-19-9-13-31-17-19/h1-4,9,13,17-18,20-21,30H,5-8,10-12,14-16H2,(H,27,29)/t18?,20?,24-/m0/s1. The first-order valence-corrected chi connectivity index (χ1v) is 11.3. The average Bonchev–Trinajstić information content (AvgIpc) is 3.39. The lowest BCUT2D eigenvalue weighted by Gasteiger charge is -2.38. The van der Waals surface area contributed by atoms with E-state index in [0.29, 0.717) is 6.42 Å². The molecule has 2 fully saturated rings. The molecule has 1 saturated heterocycles. The second-order valence-corrected chi connectivity index (χ2v) is 9.39. The lowest BCUT2D eigenvalue weighted by atomic mass is 9.76. The molecule has 31 heavy (non-hydrogen) atoms. The number of carbonyl (C=O) groups is 1. The third-order valence-corrected chi connectivity index (χ3v) is 7.02. The molecule has 0 bridgehead atoms. The molecular weight excluding hydrogens is 402 g/mol. The fourth-order valence-corrected chi connectivity index (χ4v) is 5.17. The number of hydrogen-bond donors (Lipinski definition) is 2. The summed E-state index contributed by atoms with van der Waals surface area (Å²) in [5.74, 6) is -4.03. The van der Waals surface area contributed by atoms with Gasteiger partial charge in [-0.15, -0.1) is 0 Å². The van der Waals surface area contributed by atoms with Crippen molar-refractivity contribution in [3.8, 4) is 0 Å². The van der Waals surface area contributed by atoms with Gasteiger partial charge in [0.05, 0.1) is 12.5 Å². The molecule has 1 aromatic heterocycles. The van der Waals surface area contributed by atoms with Crippen molar-refractivity contribution in [2.24, 2.45) is 11.8 Å². The van der Waals surface area contributed by atoms with Crippen LogP contribution in [0.2, 0.25) is 0 Å². The number of aliphatic hydroxyl groups is 1. The highest BCUT2D eigenvalue weighted by Gasteiger charge is 2.53. The summed E-state index contributed by atoms with van der Waals surface area (Å²) in [6, 6.07) is 1.89. The van der Waals surface area contributed by atoms with Gasteiger partial charge < -0.3 is 14.8 Å². The number of rotatable bonds is 7. The second-order valence-electron chi connectivity index (χ2n) is 9.39. The molecule has 2 unspecified atom stereocenters. The second kappa shape index (κ2) is 9.25. The minimum Gasteiger partial charge on any atom is -0.472 e. The number of amides is 1. The number of piperidine rings is 1. The average molecular weight is 435 g/mol. The predicted octanol–water partition coefficient (Wildman–Crippen LogP) is 4.05. The number of hydrogen-bond acceptors (Lipinski definition) is 4. The Bertz CT molecular complexity index is 800. The van der Waals surface area contributed by atoms with E-state index in [9.17, 15) is 18.7 Å². The van der Waals surface area contributed by atoms with E-state index < -0.39 is 29.8 Å². The summed E-state index contributed by atoms with van der Waals surface area (Å²) in [4.78, 5) is 15.6. The molecule has 4 rings (SSSR count). The monoisotopic (exact) mass is 434 g/mol. The first kappa shape index (κ1) is 22.2. The van der Waals surface area contributed by atoms with Crippen molar-refractivity contribution in [2.75, 3.05) is 13.1 Å². The van der Waals surface area contributed by atoms with E-state index in [-0.39, 0.29) is 31.2 Å². The van der Waals surface area contributed by atoms with Gasteiger partial charge in [-0.25, -0.2) is 8.78 Å². The van der Waals surface area contributed by atoms with Crippen LogP contribution >= 0.6 is 0 Å². The largest absolute Gasteiger partial charge is 0.472 e. The Morgan fingerprint density at radius 2 is 2.10 bits per heavy atom. The molecule has 2 heterocycles. The molecule has 7 heteroatoms. The predicted molar refractivity (Wildman–Crippen MR) is 113 cm³/mol. The quantitative estimate of drug-likeness (QED) is 0.680. The number of nitrogens with one attached hydrogen (secondary N) is 1. The molecule has 5 nitrogen and oxygen atoms in total. The van der Waals surface area contributed by atoms with Crippen LogP contribution in [0.25, 0.3) is 0 Å². The fourth-order valence-electron chi connectivity index (χ4n) is 5.17. The van der Waals surface area contributed by atoms with Gasteiger partial charge in [-0.2, -0.15) is 0 Å². The van der Waals surface area contributed by atoms with Gasteiger partial charge in [0.25, 0.3) is 5.91 Å². The van der Waals surface area contributed by atoms with Crippen LogP contribution in [-0.4, -0.2) is 46.6 Å². The number of nitrogens with zero attached hydrogens (tertiary/aromatic N) is 1. The normalized spacial score (nSPS) is 28.5. The number of allylic oxidation sites excluding steroid dienone is 4. The van der Waals surface area contributed by atoms with Crippen molar-refractivity contribution < 1.29 is 23.1 Å². The number of carbonyl (C=O) groups excluding carboxylic acids is 1. The van der Waals surface area contributed by atoms with Crippen molar-refractivity contribution in [3.05, 3.63) is 48.5 Å². The highest BCUT2D eigenvalue weighted by molar-refractivity contribution is 5.85. The minimum atomic E-state index is -2.81. The molecule has 0 spiro atoms. The molecule has 2 aliphatic carbocycles. The van der Waals surface area contributed by atoms with Gasteiger partial charge in [0.2, 0.25) is 5.92 Å². The van der Waals surface area contributed by atoms with Gasteiger partial charge in [-0.05, 0) is 44.1 Å². The van der Waals surface area contributed by atoms with Crippen LogP contribution in [0.15, 0.2) is 47.3 Å². The maximum absolute atomic E-state index is 13.9. The van der Waals surface area contributed by atoms with Gasteiger partial charge in [-0.3, -0.25) is 9.69 Å². The minimum absolute atomic E-state index is 0.0215. The molecule has 3 aliphatic rings. The lowest BCUT2D eigenvalue weighted by molar-refractivity contribution is -0.150. The van der Waals surface area contributed by atoms with Crippen LogP contribution in [0, 0.1) is 11.8 Å². The Morgan fingerprint density at radius 1 is 1.29 bits per heavy atom. The number of halogens is 2. The topological polar surface area (TPSA) is 65.7 Å². The molecule has 2 N–H and O–H groups in total. The Morgan fingerprint density at radius 3 is 2.71 bits per heavy atom. The van der Waals surface area contributed by atoms with Gasteiger partial charge in [0.1, 0.15) is 5.60 Å². The number of furan rings is 1. The third kappa shape index (κ3) is 5.44. The zero-order chi connectivity index (χ0) is 21.9. The molecule has 1 saturated carbocycles. The zero-order valence-electron chi connectivity index (χ0n) is 17.8. The Labute approximate surface area is 182 Å². The van der Waals surface area contributed by atoms with E-state index in [1.165, 1.54) is 0 Å². The van der Waals surface area contributed by atoms with E-state index >= 15 is 0 Å². The van der Waals surface area contributed by atoms with Crippen molar-refractivity contribution >= 4 is 5.91 Å². The highest BCUT2D eigenvalue weighted by atomic mass is 19.3. The number of likely N-dealkylation sites (tertiary alicyclic amines) is 1. The van der Waals surface area contributed by atoms with Crippen molar-refractivity contribution in [1.29, 1.82) is 0 Å². The van der Waals surface area contributed by atoms with Crippen LogP contribution in [0.3, 0.4) is 0 Å². The Hall–Kier alpha value is -1.99. The summed E-state index contributed by atoms with van der Waals surface area (Å²) in [5, 5.41) is 14.5. The molecule has 170 valence electrons. The van der Waals surface area contributed by atoms with E-state index in [2.05, 4.69) is 10.2 Å². The summed E-state index contributed by atoms with van der Waals surface area (Å²) >= 11 is 0. The lowest BCUT2D eigenvalue weighted by Crippen LogP contribution is -2.56. The van der Waals surface area contributed by atoms with E-state index in [1.54, 1.807) is 12.5 Å². The summed E-state index contributed by atoms with van der Waals surface area (Å²) in [5.41, 5.74) is -0.651. The fraction of sp³-hybridized carbons (Fsp3) is 0.625. The molecule has 3 atom stereocenters.